The third-order valence-corrected chi connectivity index (χ3v) is 11.6. The summed E-state index contributed by atoms with van der Waals surface area (Å²) in [6.45, 7) is 18.0. The van der Waals surface area contributed by atoms with Gasteiger partial charge in [-0.1, -0.05) is 41.5 Å². The number of ether oxygens (including phenoxy) is 1. The molecule has 0 saturated carbocycles. The maximum atomic E-state index is 12.6. The SMILES string of the molecule is CC(C)[Si](O[C@H](C)CC(=O)C1C(=O)OC(C)(C)C1=O)(C(C)C)C(C)C. The molecule has 6 heteroatoms. The molecule has 25 heavy (non-hydrogen) atoms. The molecule has 0 N–H and O–H groups in total. The van der Waals surface area contributed by atoms with Crippen molar-refractivity contribution in [2.24, 2.45) is 5.92 Å². The number of esters is 1. The maximum absolute atomic E-state index is 12.6. The molecule has 0 aliphatic carbocycles. The number of hydrogen-bond donors (Lipinski definition) is 0. The van der Waals surface area contributed by atoms with Crippen molar-refractivity contribution in [1.82, 2.24) is 0 Å². The zero-order valence-electron chi connectivity index (χ0n) is 17.1. The van der Waals surface area contributed by atoms with E-state index in [9.17, 15) is 14.4 Å². The number of rotatable bonds is 8. The fourth-order valence-corrected chi connectivity index (χ4v) is 9.89. The van der Waals surface area contributed by atoms with Gasteiger partial charge in [-0.25, -0.2) is 0 Å². The first kappa shape index (κ1) is 22.0. The second kappa shape index (κ2) is 7.70. The number of cyclic esters (lactones) is 1. The molecule has 1 rings (SSSR count). The van der Waals surface area contributed by atoms with E-state index in [4.69, 9.17) is 9.16 Å². The van der Waals surface area contributed by atoms with Crippen LogP contribution in [-0.2, 0) is 23.5 Å². The molecular weight excluding hydrogens is 336 g/mol. The molecule has 1 aliphatic rings. The lowest BCUT2D eigenvalue weighted by atomic mass is 9.90. The fraction of sp³-hybridized carbons (Fsp3) is 0.842. The number of carbonyl (C=O) groups is 3. The van der Waals surface area contributed by atoms with Crippen molar-refractivity contribution in [3.63, 3.8) is 0 Å². The topological polar surface area (TPSA) is 69.7 Å². The highest BCUT2D eigenvalue weighted by Gasteiger charge is 2.53. The van der Waals surface area contributed by atoms with Gasteiger partial charge in [0.2, 0.25) is 8.32 Å². The maximum Gasteiger partial charge on any atom is 0.325 e. The first-order valence-corrected chi connectivity index (χ1v) is 11.4. The van der Waals surface area contributed by atoms with Crippen LogP contribution in [0.2, 0.25) is 16.6 Å². The zero-order chi connectivity index (χ0) is 19.7. The monoisotopic (exact) mass is 370 g/mol. The van der Waals surface area contributed by atoms with Gasteiger partial charge in [0.15, 0.2) is 23.1 Å². The second-order valence-electron chi connectivity index (χ2n) is 8.65. The number of ketones is 2. The lowest BCUT2D eigenvalue weighted by Gasteiger charge is -2.44. The van der Waals surface area contributed by atoms with Crippen LogP contribution in [0.1, 0.15) is 68.7 Å². The Kier molecular flexibility index (Phi) is 6.79. The number of carbonyl (C=O) groups excluding carboxylic acids is 3. The van der Waals surface area contributed by atoms with Crippen LogP contribution in [0.25, 0.3) is 0 Å². The number of Topliss-reactive ketones (excluding diaryl/α,β-unsaturated/α-hetero) is 2. The third kappa shape index (κ3) is 4.22. The van der Waals surface area contributed by atoms with E-state index in [0.717, 1.165) is 0 Å². The van der Waals surface area contributed by atoms with E-state index >= 15 is 0 Å². The van der Waals surface area contributed by atoms with Crippen LogP contribution in [0.15, 0.2) is 0 Å². The molecule has 144 valence electrons. The lowest BCUT2D eigenvalue weighted by Crippen LogP contribution is -2.50. The molecular formula is C19H34O5Si. The molecule has 0 aromatic rings. The summed E-state index contributed by atoms with van der Waals surface area (Å²) in [4.78, 5) is 36.8. The molecule has 0 bridgehead atoms. The van der Waals surface area contributed by atoms with Crippen LogP contribution in [0, 0.1) is 5.92 Å². The number of hydrogen-bond acceptors (Lipinski definition) is 5. The smallest absolute Gasteiger partial charge is 0.325 e. The van der Waals surface area contributed by atoms with Crippen LogP contribution in [0.3, 0.4) is 0 Å². The van der Waals surface area contributed by atoms with Gasteiger partial charge >= 0.3 is 5.97 Å². The minimum Gasteiger partial charge on any atom is -0.451 e. The van der Waals surface area contributed by atoms with Crippen LogP contribution in [0.5, 0.6) is 0 Å². The van der Waals surface area contributed by atoms with Crippen molar-refractivity contribution in [3.05, 3.63) is 0 Å². The van der Waals surface area contributed by atoms with Crippen LogP contribution in [-0.4, -0.2) is 37.6 Å². The lowest BCUT2D eigenvalue weighted by molar-refractivity contribution is -0.150. The first-order chi connectivity index (χ1) is 11.3. The van der Waals surface area contributed by atoms with Crippen molar-refractivity contribution in [1.29, 1.82) is 0 Å². The first-order valence-electron chi connectivity index (χ1n) is 9.25. The van der Waals surface area contributed by atoms with Gasteiger partial charge in [0, 0.05) is 12.5 Å². The summed E-state index contributed by atoms with van der Waals surface area (Å²) in [6, 6.07) is 0. The van der Waals surface area contributed by atoms with E-state index in [1.807, 2.05) is 6.92 Å². The summed E-state index contributed by atoms with van der Waals surface area (Å²) in [5, 5.41) is 0. The van der Waals surface area contributed by atoms with Crippen LogP contribution < -0.4 is 0 Å². The van der Waals surface area contributed by atoms with Crippen molar-refractivity contribution in [3.8, 4) is 0 Å². The summed E-state index contributed by atoms with van der Waals surface area (Å²) in [6.07, 6.45) is -0.265. The Labute approximate surface area is 153 Å². The fourth-order valence-electron chi connectivity index (χ4n) is 4.29. The molecule has 0 spiro atoms. The molecule has 2 atom stereocenters. The van der Waals surface area contributed by atoms with Crippen molar-refractivity contribution < 1.29 is 23.5 Å². The van der Waals surface area contributed by atoms with Gasteiger partial charge in [-0.05, 0) is 37.4 Å². The highest BCUT2D eigenvalue weighted by Crippen LogP contribution is 2.43. The Hall–Kier alpha value is -1.01. The molecule has 1 aliphatic heterocycles. The summed E-state index contributed by atoms with van der Waals surface area (Å²) < 4.78 is 11.6. The van der Waals surface area contributed by atoms with E-state index in [0.29, 0.717) is 16.6 Å². The Morgan fingerprint density at radius 2 is 1.48 bits per heavy atom. The van der Waals surface area contributed by atoms with E-state index in [2.05, 4.69) is 41.5 Å². The largest absolute Gasteiger partial charge is 0.451 e. The second-order valence-corrected chi connectivity index (χ2v) is 14.1. The standard InChI is InChI=1S/C19H34O5Si/c1-11(2)25(12(3)4,13(5)6)24-14(7)10-15(20)16-17(21)19(8,9)23-18(16)22/h11-14,16H,10H2,1-9H3/t14-,16?/m1/s1. The quantitative estimate of drug-likeness (QED) is 0.366. The van der Waals surface area contributed by atoms with E-state index < -0.39 is 37.4 Å². The van der Waals surface area contributed by atoms with Gasteiger partial charge in [-0.3, -0.25) is 14.4 Å². The van der Waals surface area contributed by atoms with Crippen LogP contribution >= 0.6 is 0 Å². The van der Waals surface area contributed by atoms with Gasteiger partial charge in [0.05, 0.1) is 0 Å². The molecule has 0 aromatic heterocycles. The summed E-state index contributed by atoms with van der Waals surface area (Å²) in [5.41, 5.74) is -0.000409. The van der Waals surface area contributed by atoms with E-state index in [-0.39, 0.29) is 12.5 Å². The van der Waals surface area contributed by atoms with Crippen molar-refractivity contribution in [2.75, 3.05) is 0 Å². The summed E-state index contributed by atoms with van der Waals surface area (Å²) in [7, 11) is -2.11. The zero-order valence-corrected chi connectivity index (χ0v) is 18.1. The average molecular weight is 371 g/mol. The van der Waals surface area contributed by atoms with Crippen molar-refractivity contribution in [2.45, 2.75) is 97.1 Å². The molecule has 0 amide bonds. The molecule has 0 aromatic carbocycles. The predicted octanol–water partition coefficient (Wildman–Crippen LogP) is 4.05. The normalized spacial score (nSPS) is 22.0. The molecule has 0 radical (unpaired) electrons. The Morgan fingerprint density at radius 1 is 1.04 bits per heavy atom. The van der Waals surface area contributed by atoms with Crippen LogP contribution in [0.4, 0.5) is 0 Å². The molecule has 1 heterocycles. The Balaban J connectivity index is 2.91. The van der Waals surface area contributed by atoms with Gasteiger partial charge in [-0.15, -0.1) is 0 Å². The van der Waals surface area contributed by atoms with Gasteiger partial charge < -0.3 is 9.16 Å². The van der Waals surface area contributed by atoms with Gasteiger partial charge in [0.1, 0.15) is 0 Å². The third-order valence-electron chi connectivity index (χ3n) is 5.37. The molecule has 5 nitrogen and oxygen atoms in total. The van der Waals surface area contributed by atoms with Gasteiger partial charge in [-0.2, -0.15) is 0 Å². The van der Waals surface area contributed by atoms with E-state index in [1.54, 1.807) is 0 Å². The van der Waals surface area contributed by atoms with Gasteiger partial charge in [0.25, 0.3) is 0 Å². The Morgan fingerprint density at radius 3 is 1.80 bits per heavy atom. The average Bonchev–Trinajstić information content (AvgIpc) is 2.62. The molecule has 1 unspecified atom stereocenters. The minimum atomic E-state index is -2.11. The predicted molar refractivity (Wildman–Crippen MR) is 99.9 cm³/mol. The summed E-state index contributed by atoms with van der Waals surface area (Å²) >= 11 is 0. The molecule has 1 saturated heterocycles. The van der Waals surface area contributed by atoms with E-state index in [1.165, 1.54) is 13.8 Å². The highest BCUT2D eigenvalue weighted by atomic mass is 28.4. The van der Waals surface area contributed by atoms with Crippen molar-refractivity contribution >= 4 is 25.9 Å². The highest BCUT2D eigenvalue weighted by molar-refractivity contribution is 6.77. The Bertz CT molecular complexity index is 514. The summed E-state index contributed by atoms with van der Waals surface area (Å²) in [5.74, 6) is -2.87. The molecule has 1 fully saturated rings. The minimum absolute atomic E-state index is 0.0580.